The smallest absolute Gasteiger partial charge is 0.326 e. The highest BCUT2D eigenvalue weighted by Crippen LogP contribution is 2.11. The van der Waals surface area contributed by atoms with E-state index < -0.39 is 17.9 Å². The molecule has 2 unspecified atom stereocenters. The molecule has 2 atom stereocenters. The molecule has 0 aromatic heterocycles. The monoisotopic (exact) mass is 329 g/mol. The summed E-state index contributed by atoms with van der Waals surface area (Å²) < 4.78 is 0. The van der Waals surface area contributed by atoms with Gasteiger partial charge in [0.25, 0.3) is 5.91 Å². The van der Waals surface area contributed by atoms with Gasteiger partial charge in [0.2, 0.25) is 0 Å². The van der Waals surface area contributed by atoms with E-state index in [9.17, 15) is 9.59 Å². The number of nitrogens with one attached hydrogen (secondary N) is 2. The van der Waals surface area contributed by atoms with Gasteiger partial charge < -0.3 is 15.7 Å². The Morgan fingerprint density at radius 2 is 1.88 bits per heavy atom. The quantitative estimate of drug-likeness (QED) is 0.502. The summed E-state index contributed by atoms with van der Waals surface area (Å²) in [5.41, 5.74) is 0.849. The van der Waals surface area contributed by atoms with Crippen LogP contribution < -0.4 is 10.6 Å². The minimum absolute atomic E-state index is 0.0896. The number of hydrogen-bond donors (Lipinski definition) is 3. The lowest BCUT2D eigenvalue weighted by molar-refractivity contribution is -0.141. The fraction of sp³-hybridized carbons (Fsp3) is 0.389. The molecule has 0 aliphatic carbocycles. The Kier molecular flexibility index (Phi) is 7.50. The molecule has 24 heavy (non-hydrogen) atoms. The highest BCUT2D eigenvalue weighted by Gasteiger charge is 2.22. The van der Waals surface area contributed by atoms with Crippen LogP contribution in [0.4, 0.5) is 0 Å². The third-order valence-corrected chi connectivity index (χ3v) is 3.45. The maximum Gasteiger partial charge on any atom is 0.326 e. The van der Waals surface area contributed by atoms with Crippen molar-refractivity contribution in [2.45, 2.75) is 39.3 Å². The van der Waals surface area contributed by atoms with E-state index in [1.807, 2.05) is 51.1 Å². The van der Waals surface area contributed by atoms with Gasteiger partial charge in [0.05, 0.1) is 0 Å². The highest BCUT2D eigenvalue weighted by atomic mass is 16.4. The number of hydrogen-bond acceptors (Lipinski definition) is 4. The first-order chi connectivity index (χ1) is 11.3. The van der Waals surface area contributed by atoms with Crippen molar-refractivity contribution < 1.29 is 14.7 Å². The fourth-order valence-electron chi connectivity index (χ4n) is 2.12. The zero-order valence-corrected chi connectivity index (χ0v) is 14.1. The molecule has 1 aromatic carbocycles. The number of carbonyl (C=O) groups excluding carboxylic acids is 1. The van der Waals surface area contributed by atoms with E-state index in [2.05, 4.69) is 10.6 Å². The first-order valence-corrected chi connectivity index (χ1v) is 7.80. The van der Waals surface area contributed by atoms with E-state index in [4.69, 9.17) is 10.4 Å². The van der Waals surface area contributed by atoms with Crippen LogP contribution in [0.5, 0.6) is 0 Å². The van der Waals surface area contributed by atoms with E-state index in [1.165, 1.54) is 6.20 Å². The molecule has 0 spiro atoms. The number of carboxylic acids is 1. The van der Waals surface area contributed by atoms with Crippen molar-refractivity contribution in [2.24, 2.45) is 5.92 Å². The molecule has 1 rings (SSSR count). The van der Waals surface area contributed by atoms with E-state index in [-0.39, 0.29) is 17.5 Å². The van der Waals surface area contributed by atoms with Crippen molar-refractivity contribution in [2.75, 3.05) is 0 Å². The molecule has 6 nitrogen and oxygen atoms in total. The first kappa shape index (κ1) is 19.2. The van der Waals surface area contributed by atoms with Crippen LogP contribution in [0.2, 0.25) is 0 Å². The van der Waals surface area contributed by atoms with Gasteiger partial charge >= 0.3 is 5.97 Å². The molecule has 0 saturated heterocycles. The lowest BCUT2D eigenvalue weighted by Crippen LogP contribution is -2.42. The summed E-state index contributed by atoms with van der Waals surface area (Å²) in [7, 11) is 0. The number of nitriles is 1. The van der Waals surface area contributed by atoms with Gasteiger partial charge in [-0.15, -0.1) is 0 Å². The number of nitrogens with zero attached hydrogens (tertiary/aromatic N) is 1. The lowest BCUT2D eigenvalue weighted by atomic mass is 10.0. The molecule has 0 fully saturated rings. The van der Waals surface area contributed by atoms with Gasteiger partial charge in [-0.05, 0) is 24.8 Å². The standard InChI is InChI=1S/C18H23N3O3/c1-12(2)9-16(18(23)24)21-17(22)15(10-19)11-20-13(3)14-7-5-4-6-8-14/h4-8,11-13,16,20H,9H2,1-3H3,(H,21,22)(H,23,24)/b15-11-. The van der Waals surface area contributed by atoms with Crippen LogP contribution in [0, 0.1) is 17.2 Å². The fourth-order valence-corrected chi connectivity index (χ4v) is 2.12. The van der Waals surface area contributed by atoms with Crippen molar-refractivity contribution >= 4 is 11.9 Å². The first-order valence-electron chi connectivity index (χ1n) is 7.80. The average Bonchev–Trinajstić information content (AvgIpc) is 2.54. The molecule has 6 heteroatoms. The molecular weight excluding hydrogens is 306 g/mol. The van der Waals surface area contributed by atoms with Crippen molar-refractivity contribution in [3.63, 3.8) is 0 Å². The number of carboxylic acid groups (broad SMARTS) is 1. The third-order valence-electron chi connectivity index (χ3n) is 3.45. The molecule has 0 bridgehead atoms. The molecule has 1 aromatic rings. The van der Waals surface area contributed by atoms with Crippen LogP contribution in [-0.4, -0.2) is 23.0 Å². The van der Waals surface area contributed by atoms with Gasteiger partial charge in [0.1, 0.15) is 17.7 Å². The lowest BCUT2D eigenvalue weighted by Gasteiger charge is -2.16. The largest absolute Gasteiger partial charge is 0.480 e. The van der Waals surface area contributed by atoms with Crippen molar-refractivity contribution in [3.8, 4) is 6.07 Å². The maximum absolute atomic E-state index is 12.1. The Morgan fingerprint density at radius 1 is 1.25 bits per heavy atom. The highest BCUT2D eigenvalue weighted by molar-refractivity contribution is 5.99. The predicted octanol–water partition coefficient (Wildman–Crippen LogP) is 2.36. The van der Waals surface area contributed by atoms with E-state index in [0.29, 0.717) is 6.42 Å². The van der Waals surface area contributed by atoms with Gasteiger partial charge in [-0.2, -0.15) is 5.26 Å². The second-order valence-electron chi connectivity index (χ2n) is 5.96. The molecule has 0 aliphatic heterocycles. The summed E-state index contributed by atoms with van der Waals surface area (Å²) in [5, 5.41) is 23.7. The van der Waals surface area contributed by atoms with Gasteiger partial charge in [-0.3, -0.25) is 4.79 Å². The van der Waals surface area contributed by atoms with Gasteiger partial charge in [-0.25, -0.2) is 4.79 Å². The summed E-state index contributed by atoms with van der Waals surface area (Å²) in [6.45, 7) is 5.63. The maximum atomic E-state index is 12.1. The van der Waals surface area contributed by atoms with E-state index in [1.54, 1.807) is 6.07 Å². The number of carbonyl (C=O) groups is 2. The van der Waals surface area contributed by atoms with E-state index in [0.717, 1.165) is 5.56 Å². The molecule has 0 aliphatic rings. The Morgan fingerprint density at radius 3 is 2.38 bits per heavy atom. The average molecular weight is 329 g/mol. The number of aliphatic carboxylic acids is 1. The second-order valence-corrected chi connectivity index (χ2v) is 5.96. The number of benzene rings is 1. The van der Waals surface area contributed by atoms with Crippen molar-refractivity contribution in [3.05, 3.63) is 47.7 Å². The Bertz CT molecular complexity index is 633. The number of amides is 1. The summed E-state index contributed by atoms with van der Waals surface area (Å²) in [5.74, 6) is -1.70. The molecule has 0 radical (unpaired) electrons. The normalized spacial score (nSPS) is 13.7. The van der Waals surface area contributed by atoms with Gasteiger partial charge in [-0.1, -0.05) is 44.2 Å². The predicted molar refractivity (Wildman–Crippen MR) is 90.7 cm³/mol. The summed E-state index contributed by atoms with van der Waals surface area (Å²) in [6, 6.07) is 10.3. The van der Waals surface area contributed by atoms with Crippen LogP contribution in [0.15, 0.2) is 42.1 Å². The molecule has 128 valence electrons. The summed E-state index contributed by atoms with van der Waals surface area (Å²) in [4.78, 5) is 23.3. The molecule has 1 amide bonds. The molecule has 3 N–H and O–H groups in total. The van der Waals surface area contributed by atoms with Gasteiger partial charge in [0, 0.05) is 12.2 Å². The molecule has 0 saturated carbocycles. The van der Waals surface area contributed by atoms with E-state index >= 15 is 0 Å². The second kappa shape index (κ2) is 9.36. The Hall–Kier alpha value is -2.81. The van der Waals surface area contributed by atoms with Crippen LogP contribution in [0.1, 0.15) is 38.8 Å². The Labute approximate surface area is 142 Å². The zero-order valence-electron chi connectivity index (χ0n) is 14.1. The zero-order chi connectivity index (χ0) is 18.1. The van der Waals surface area contributed by atoms with Crippen LogP contribution >= 0.6 is 0 Å². The summed E-state index contributed by atoms with van der Waals surface area (Å²) >= 11 is 0. The summed E-state index contributed by atoms with van der Waals surface area (Å²) in [6.07, 6.45) is 1.62. The third kappa shape index (κ3) is 6.13. The van der Waals surface area contributed by atoms with Crippen molar-refractivity contribution in [1.29, 1.82) is 5.26 Å². The topological polar surface area (TPSA) is 102 Å². The van der Waals surface area contributed by atoms with Gasteiger partial charge in [0.15, 0.2) is 0 Å². The SMILES string of the molecule is CC(C)CC(NC(=O)/C(C#N)=C\NC(C)c1ccccc1)C(=O)O. The van der Waals surface area contributed by atoms with Crippen LogP contribution in [0.3, 0.4) is 0 Å². The minimum atomic E-state index is -1.11. The molecular formula is C18H23N3O3. The van der Waals surface area contributed by atoms with Crippen molar-refractivity contribution in [1.82, 2.24) is 10.6 Å². The number of rotatable bonds is 8. The Balaban J connectivity index is 2.75. The van der Waals surface area contributed by atoms with Crippen LogP contribution in [-0.2, 0) is 9.59 Å². The molecule has 0 heterocycles. The minimum Gasteiger partial charge on any atom is -0.480 e. The van der Waals surface area contributed by atoms with Crippen LogP contribution in [0.25, 0.3) is 0 Å².